The van der Waals surface area contributed by atoms with E-state index in [1.165, 1.54) is 6.33 Å². The van der Waals surface area contributed by atoms with Gasteiger partial charge in [-0.3, -0.25) is 0 Å². The van der Waals surface area contributed by atoms with Gasteiger partial charge in [0.05, 0.1) is 6.54 Å². The van der Waals surface area contributed by atoms with Crippen LogP contribution in [-0.2, 0) is 11.3 Å². The summed E-state index contributed by atoms with van der Waals surface area (Å²) in [6.45, 7) is 6.35. The van der Waals surface area contributed by atoms with Crippen LogP contribution in [0.25, 0.3) is 0 Å². The van der Waals surface area contributed by atoms with Crippen LogP contribution in [0.3, 0.4) is 0 Å². The van der Waals surface area contributed by atoms with Gasteiger partial charge in [0.25, 0.3) is 0 Å². The van der Waals surface area contributed by atoms with Gasteiger partial charge in [-0.25, -0.2) is 9.67 Å². The van der Waals surface area contributed by atoms with Crippen LogP contribution in [0.1, 0.15) is 32.4 Å². The van der Waals surface area contributed by atoms with Crippen LogP contribution in [0, 0.1) is 5.41 Å². The summed E-state index contributed by atoms with van der Waals surface area (Å²) < 4.78 is 7.47. The second-order valence-corrected chi connectivity index (χ2v) is 7.23. The van der Waals surface area contributed by atoms with E-state index in [1.807, 2.05) is 45.0 Å². The molecule has 0 saturated carbocycles. The zero-order valence-electron chi connectivity index (χ0n) is 12.9. The molecular formula is C16H20ClN3O2. The normalized spacial score (nSPS) is 24.0. The number of halogens is 1. The summed E-state index contributed by atoms with van der Waals surface area (Å²) in [5, 5.41) is 16.1. The lowest BCUT2D eigenvalue weighted by Gasteiger charge is -2.39. The van der Waals surface area contributed by atoms with Crippen LogP contribution in [0.15, 0.2) is 36.9 Å². The zero-order chi connectivity index (χ0) is 16.0. The highest BCUT2D eigenvalue weighted by molar-refractivity contribution is 6.30. The molecule has 1 fully saturated rings. The highest BCUT2D eigenvalue weighted by Gasteiger charge is 2.60. The second kappa shape index (κ2) is 5.33. The molecule has 0 spiro atoms. The van der Waals surface area contributed by atoms with E-state index in [2.05, 4.69) is 10.1 Å². The third-order valence-corrected chi connectivity index (χ3v) is 4.58. The third kappa shape index (κ3) is 2.76. The van der Waals surface area contributed by atoms with Crippen molar-refractivity contribution in [1.29, 1.82) is 0 Å². The maximum absolute atomic E-state index is 11.3. The molecule has 6 heteroatoms. The summed E-state index contributed by atoms with van der Waals surface area (Å²) in [5.41, 5.74) is -0.397. The number of aromatic nitrogens is 3. The molecule has 1 aliphatic rings. The number of benzene rings is 1. The van der Waals surface area contributed by atoms with Crippen molar-refractivity contribution in [2.45, 2.75) is 45.1 Å². The zero-order valence-corrected chi connectivity index (χ0v) is 13.7. The number of ether oxygens (including phenoxy) is 1. The van der Waals surface area contributed by atoms with Gasteiger partial charge in [-0.15, -0.1) is 0 Å². The van der Waals surface area contributed by atoms with Gasteiger partial charge in [0, 0.05) is 5.02 Å². The lowest BCUT2D eigenvalue weighted by atomic mass is 9.73. The Morgan fingerprint density at radius 2 is 1.95 bits per heavy atom. The van der Waals surface area contributed by atoms with Gasteiger partial charge in [-0.05, 0) is 23.1 Å². The fourth-order valence-electron chi connectivity index (χ4n) is 2.70. The largest absolute Gasteiger partial charge is 0.385 e. The highest BCUT2D eigenvalue weighted by atomic mass is 35.5. The molecule has 5 nitrogen and oxygen atoms in total. The topological polar surface area (TPSA) is 63.5 Å². The van der Waals surface area contributed by atoms with Crippen LogP contribution >= 0.6 is 11.6 Å². The van der Waals surface area contributed by atoms with E-state index in [0.29, 0.717) is 11.6 Å². The maximum Gasteiger partial charge on any atom is 0.137 e. The number of nitrogens with zero attached hydrogens (tertiary/aromatic N) is 3. The number of hydrogen-bond acceptors (Lipinski definition) is 4. The Kier molecular flexibility index (Phi) is 3.75. The van der Waals surface area contributed by atoms with Gasteiger partial charge < -0.3 is 9.84 Å². The molecule has 2 heterocycles. The van der Waals surface area contributed by atoms with Gasteiger partial charge in [0.1, 0.15) is 30.5 Å². The molecule has 0 radical (unpaired) electrons. The fourth-order valence-corrected chi connectivity index (χ4v) is 2.82. The number of epoxide rings is 1. The van der Waals surface area contributed by atoms with Crippen molar-refractivity contribution < 1.29 is 9.84 Å². The molecule has 22 heavy (non-hydrogen) atoms. The van der Waals surface area contributed by atoms with Crippen LogP contribution < -0.4 is 0 Å². The van der Waals surface area contributed by atoms with Crippen LogP contribution in [0.5, 0.6) is 0 Å². The Labute approximate surface area is 134 Å². The van der Waals surface area contributed by atoms with Crippen molar-refractivity contribution >= 4 is 11.6 Å². The minimum absolute atomic E-state index is 0.120. The minimum Gasteiger partial charge on any atom is -0.385 e. The summed E-state index contributed by atoms with van der Waals surface area (Å²) in [6.07, 6.45) is 2.67. The average molecular weight is 322 g/mol. The van der Waals surface area contributed by atoms with Crippen LogP contribution in [0.4, 0.5) is 0 Å². The standard InChI is InChI=1S/C16H20ClN3O2/c1-15(2,3)16(21,8-20-10-18-9-19-20)14-13(22-14)11-4-6-12(17)7-5-11/h4-7,9-10,13-14,21H,8H2,1-3H3/t13-,14-,16+/m0/s1. The molecule has 3 rings (SSSR count). The highest BCUT2D eigenvalue weighted by Crippen LogP contribution is 2.51. The Morgan fingerprint density at radius 3 is 2.50 bits per heavy atom. The van der Waals surface area contributed by atoms with Gasteiger partial charge in [-0.1, -0.05) is 44.5 Å². The Hall–Kier alpha value is -1.43. The van der Waals surface area contributed by atoms with E-state index < -0.39 is 5.60 Å². The van der Waals surface area contributed by atoms with Gasteiger partial charge >= 0.3 is 0 Å². The molecule has 0 amide bonds. The first kappa shape index (κ1) is 15.5. The minimum atomic E-state index is -1.05. The maximum atomic E-state index is 11.3. The van der Waals surface area contributed by atoms with E-state index >= 15 is 0 Å². The molecule has 0 aliphatic carbocycles. The molecule has 1 N–H and O–H groups in total. The number of hydrogen-bond donors (Lipinski definition) is 1. The van der Waals surface area contributed by atoms with Crippen LogP contribution in [0.2, 0.25) is 5.02 Å². The van der Waals surface area contributed by atoms with Gasteiger partial charge in [-0.2, -0.15) is 5.10 Å². The van der Waals surface area contributed by atoms with E-state index in [1.54, 1.807) is 11.0 Å². The Morgan fingerprint density at radius 1 is 1.27 bits per heavy atom. The first-order valence-electron chi connectivity index (χ1n) is 7.27. The molecule has 3 atom stereocenters. The predicted molar refractivity (Wildman–Crippen MR) is 83.5 cm³/mol. The van der Waals surface area contributed by atoms with E-state index in [9.17, 15) is 5.11 Å². The third-order valence-electron chi connectivity index (χ3n) is 4.33. The van der Waals surface area contributed by atoms with E-state index in [4.69, 9.17) is 16.3 Å². The molecular weight excluding hydrogens is 302 g/mol. The SMILES string of the molecule is CC(C)(C)[C@@](O)(Cn1cncn1)[C@H]1O[C@H]1c1ccc(Cl)cc1. The van der Waals surface area contributed by atoms with Crippen molar-refractivity contribution in [3.05, 3.63) is 47.5 Å². The molecule has 118 valence electrons. The van der Waals surface area contributed by atoms with Crippen molar-refractivity contribution in [3.63, 3.8) is 0 Å². The predicted octanol–water partition coefficient (Wildman–Crippen LogP) is 2.85. The Bertz CT molecular complexity index is 636. The summed E-state index contributed by atoms with van der Waals surface area (Å²) >= 11 is 5.92. The van der Waals surface area contributed by atoms with E-state index in [0.717, 1.165) is 5.56 Å². The lowest BCUT2D eigenvalue weighted by molar-refractivity contribution is -0.0925. The first-order chi connectivity index (χ1) is 10.3. The summed E-state index contributed by atoms with van der Waals surface area (Å²) in [7, 11) is 0. The average Bonchev–Trinajstić information content (AvgIpc) is 3.09. The van der Waals surface area contributed by atoms with E-state index in [-0.39, 0.29) is 17.6 Å². The Balaban J connectivity index is 1.84. The summed E-state index contributed by atoms with van der Waals surface area (Å²) in [6, 6.07) is 7.55. The lowest BCUT2D eigenvalue weighted by Crippen LogP contribution is -2.51. The number of aliphatic hydroxyl groups is 1. The fraction of sp³-hybridized carbons (Fsp3) is 0.500. The quantitative estimate of drug-likeness (QED) is 0.880. The molecule has 0 unspecified atom stereocenters. The summed E-state index contributed by atoms with van der Waals surface area (Å²) in [5.74, 6) is 0. The smallest absolute Gasteiger partial charge is 0.137 e. The van der Waals surface area contributed by atoms with Crippen LogP contribution in [-0.4, -0.2) is 31.6 Å². The monoisotopic (exact) mass is 321 g/mol. The first-order valence-corrected chi connectivity index (χ1v) is 7.65. The molecule has 1 aromatic heterocycles. The van der Waals surface area contributed by atoms with Crippen molar-refractivity contribution in [2.24, 2.45) is 5.41 Å². The van der Waals surface area contributed by atoms with Crippen molar-refractivity contribution in [1.82, 2.24) is 14.8 Å². The molecule has 1 aromatic carbocycles. The van der Waals surface area contributed by atoms with Crippen molar-refractivity contribution in [3.8, 4) is 0 Å². The summed E-state index contributed by atoms with van der Waals surface area (Å²) in [4.78, 5) is 3.94. The van der Waals surface area contributed by atoms with Crippen molar-refractivity contribution in [2.75, 3.05) is 0 Å². The number of rotatable bonds is 4. The second-order valence-electron chi connectivity index (χ2n) is 6.80. The molecule has 1 aliphatic heterocycles. The molecule has 0 bridgehead atoms. The van der Waals surface area contributed by atoms with Gasteiger partial charge in [0.15, 0.2) is 0 Å². The molecule has 2 aromatic rings. The molecule has 1 saturated heterocycles. The van der Waals surface area contributed by atoms with Gasteiger partial charge in [0.2, 0.25) is 0 Å².